The van der Waals surface area contributed by atoms with Gasteiger partial charge in [-0.05, 0) is 52.3 Å². The fraction of sp³-hybridized carbons (Fsp3) is 0.556. The van der Waals surface area contributed by atoms with Gasteiger partial charge in [0.15, 0.2) is 0 Å². The molecule has 1 aliphatic heterocycles. The van der Waals surface area contributed by atoms with E-state index in [0.29, 0.717) is 12.2 Å². The largest absolute Gasteiger partial charge is 0.465 e. The number of ether oxygens (including phenoxy) is 3. The Kier molecular flexibility index (Phi) is 4.90. The number of nitrogens with zero attached hydrogens (tertiary/aromatic N) is 1. The lowest BCUT2D eigenvalue weighted by Gasteiger charge is -2.35. The van der Waals surface area contributed by atoms with Crippen molar-refractivity contribution in [1.29, 1.82) is 0 Å². The molecule has 24 heavy (non-hydrogen) atoms. The molecule has 0 aliphatic carbocycles. The molecule has 0 saturated carbocycles. The van der Waals surface area contributed by atoms with E-state index in [4.69, 9.17) is 14.2 Å². The summed E-state index contributed by atoms with van der Waals surface area (Å²) >= 11 is 0. The summed E-state index contributed by atoms with van der Waals surface area (Å²) < 4.78 is 16.0. The minimum atomic E-state index is -0.770. The highest BCUT2D eigenvalue weighted by molar-refractivity contribution is 5.89. The van der Waals surface area contributed by atoms with Crippen LogP contribution in [0.4, 0.5) is 4.79 Å². The summed E-state index contributed by atoms with van der Waals surface area (Å²) in [5.41, 5.74) is -0.0226. The molecule has 1 heterocycles. The third-order valence-electron chi connectivity index (χ3n) is 3.79. The van der Waals surface area contributed by atoms with Crippen molar-refractivity contribution in [2.24, 2.45) is 0 Å². The summed E-state index contributed by atoms with van der Waals surface area (Å²) in [6, 6.07) is 6.69. The Morgan fingerprint density at radius 3 is 2.29 bits per heavy atom. The molecule has 0 aromatic heterocycles. The molecule has 1 aromatic rings. The van der Waals surface area contributed by atoms with Crippen LogP contribution in [-0.2, 0) is 14.2 Å². The highest BCUT2D eigenvalue weighted by atomic mass is 16.6. The van der Waals surface area contributed by atoms with Crippen molar-refractivity contribution in [3.63, 3.8) is 0 Å². The van der Waals surface area contributed by atoms with Gasteiger partial charge in [0.05, 0.1) is 25.3 Å². The minimum absolute atomic E-state index is 0.276. The van der Waals surface area contributed by atoms with Crippen LogP contribution in [0.15, 0.2) is 24.3 Å². The molecule has 1 atom stereocenters. The molecule has 2 rings (SSSR count). The van der Waals surface area contributed by atoms with E-state index < -0.39 is 23.4 Å². The molecule has 1 amide bonds. The quantitative estimate of drug-likeness (QED) is 0.774. The Hall–Kier alpha value is -2.08. The molecule has 6 nitrogen and oxygen atoms in total. The van der Waals surface area contributed by atoms with Crippen LogP contribution in [0.3, 0.4) is 0 Å². The maximum Gasteiger partial charge on any atom is 0.413 e. The van der Waals surface area contributed by atoms with Gasteiger partial charge < -0.3 is 14.2 Å². The van der Waals surface area contributed by atoms with Gasteiger partial charge in [0.1, 0.15) is 11.3 Å². The van der Waals surface area contributed by atoms with Gasteiger partial charge in [0.25, 0.3) is 0 Å². The molecule has 1 saturated heterocycles. The predicted octanol–water partition coefficient (Wildman–Crippen LogP) is 3.52. The number of rotatable bonds is 2. The van der Waals surface area contributed by atoms with E-state index >= 15 is 0 Å². The molecule has 1 aromatic carbocycles. The molecule has 1 unspecified atom stereocenters. The van der Waals surface area contributed by atoms with E-state index in [1.165, 1.54) is 7.11 Å². The molecule has 0 N–H and O–H groups in total. The van der Waals surface area contributed by atoms with Crippen molar-refractivity contribution < 1.29 is 23.8 Å². The Labute approximate surface area is 142 Å². The van der Waals surface area contributed by atoms with Gasteiger partial charge in [0, 0.05) is 0 Å². The van der Waals surface area contributed by atoms with Crippen molar-refractivity contribution in [2.45, 2.75) is 52.0 Å². The van der Waals surface area contributed by atoms with E-state index in [2.05, 4.69) is 0 Å². The second-order valence-electron chi connectivity index (χ2n) is 7.24. The maximum atomic E-state index is 12.6. The normalized spacial score (nSPS) is 19.9. The molecule has 1 fully saturated rings. The third kappa shape index (κ3) is 3.87. The first-order valence-electron chi connectivity index (χ1n) is 7.90. The van der Waals surface area contributed by atoms with Gasteiger partial charge in [-0.15, -0.1) is 0 Å². The predicted molar refractivity (Wildman–Crippen MR) is 88.6 cm³/mol. The average Bonchev–Trinajstić information content (AvgIpc) is 2.80. The highest BCUT2D eigenvalue weighted by Crippen LogP contribution is 2.38. The molecular formula is C18H25NO5. The SMILES string of the molecule is COC(=O)c1ccc(C2COC(C)(C)N2C(=O)OC(C)(C)C)cc1. The number of hydrogen-bond donors (Lipinski definition) is 0. The summed E-state index contributed by atoms with van der Waals surface area (Å²) in [5.74, 6) is -0.395. The summed E-state index contributed by atoms with van der Waals surface area (Å²) in [6.07, 6.45) is -0.424. The van der Waals surface area contributed by atoms with Crippen molar-refractivity contribution in [1.82, 2.24) is 4.90 Å². The Morgan fingerprint density at radius 2 is 1.79 bits per heavy atom. The van der Waals surface area contributed by atoms with Crippen molar-refractivity contribution in [2.75, 3.05) is 13.7 Å². The van der Waals surface area contributed by atoms with Crippen LogP contribution in [0.2, 0.25) is 0 Å². The fourth-order valence-electron chi connectivity index (χ4n) is 2.66. The van der Waals surface area contributed by atoms with E-state index in [9.17, 15) is 9.59 Å². The molecule has 0 bridgehead atoms. The summed E-state index contributed by atoms with van der Waals surface area (Å²) in [6.45, 7) is 9.52. The summed E-state index contributed by atoms with van der Waals surface area (Å²) in [4.78, 5) is 25.8. The Balaban J connectivity index is 2.27. The first-order chi connectivity index (χ1) is 11.0. The average molecular weight is 335 g/mol. The van der Waals surface area contributed by atoms with Crippen molar-refractivity contribution in [3.05, 3.63) is 35.4 Å². The standard InChI is InChI=1S/C18H25NO5/c1-17(2,3)24-16(21)19-14(11-23-18(19,4)5)12-7-9-13(10-8-12)15(20)22-6/h7-10,14H,11H2,1-6H3. The molecular weight excluding hydrogens is 310 g/mol. The maximum absolute atomic E-state index is 12.6. The van der Waals surface area contributed by atoms with Crippen LogP contribution in [-0.4, -0.2) is 42.0 Å². The smallest absolute Gasteiger partial charge is 0.413 e. The fourth-order valence-corrected chi connectivity index (χ4v) is 2.66. The van der Waals surface area contributed by atoms with Crippen LogP contribution < -0.4 is 0 Å². The molecule has 6 heteroatoms. The lowest BCUT2D eigenvalue weighted by Crippen LogP contribution is -2.47. The summed E-state index contributed by atoms with van der Waals surface area (Å²) in [5, 5.41) is 0. The zero-order valence-corrected chi connectivity index (χ0v) is 15.1. The zero-order chi connectivity index (χ0) is 18.1. The molecule has 0 spiro atoms. The second-order valence-corrected chi connectivity index (χ2v) is 7.24. The monoisotopic (exact) mass is 335 g/mol. The van der Waals surface area contributed by atoms with Gasteiger partial charge in [-0.2, -0.15) is 0 Å². The van der Waals surface area contributed by atoms with E-state index in [1.807, 2.05) is 34.6 Å². The van der Waals surface area contributed by atoms with Gasteiger partial charge in [-0.3, -0.25) is 4.90 Å². The second kappa shape index (κ2) is 6.43. The van der Waals surface area contributed by atoms with Crippen LogP contribution in [0.5, 0.6) is 0 Å². The third-order valence-corrected chi connectivity index (χ3v) is 3.79. The number of carbonyl (C=O) groups is 2. The van der Waals surface area contributed by atoms with E-state index in [1.54, 1.807) is 29.2 Å². The number of carbonyl (C=O) groups excluding carboxylic acids is 2. The number of benzene rings is 1. The van der Waals surface area contributed by atoms with Crippen molar-refractivity contribution >= 4 is 12.1 Å². The summed E-state index contributed by atoms with van der Waals surface area (Å²) in [7, 11) is 1.34. The van der Waals surface area contributed by atoms with Crippen molar-refractivity contribution in [3.8, 4) is 0 Å². The number of amides is 1. The molecule has 0 radical (unpaired) electrons. The zero-order valence-electron chi connectivity index (χ0n) is 15.1. The lowest BCUT2D eigenvalue weighted by molar-refractivity contribution is -0.0626. The topological polar surface area (TPSA) is 65.1 Å². The number of hydrogen-bond acceptors (Lipinski definition) is 5. The first-order valence-corrected chi connectivity index (χ1v) is 7.90. The van der Waals surface area contributed by atoms with Gasteiger partial charge >= 0.3 is 12.1 Å². The highest BCUT2D eigenvalue weighted by Gasteiger charge is 2.46. The minimum Gasteiger partial charge on any atom is -0.465 e. The van der Waals surface area contributed by atoms with Crippen LogP contribution >= 0.6 is 0 Å². The van der Waals surface area contributed by atoms with Gasteiger partial charge in [-0.1, -0.05) is 12.1 Å². The first kappa shape index (κ1) is 18.3. The number of methoxy groups -OCH3 is 1. The van der Waals surface area contributed by atoms with Crippen LogP contribution in [0.25, 0.3) is 0 Å². The molecule has 1 aliphatic rings. The lowest BCUT2D eigenvalue weighted by atomic mass is 10.0. The Morgan fingerprint density at radius 1 is 1.21 bits per heavy atom. The van der Waals surface area contributed by atoms with Crippen LogP contribution in [0.1, 0.15) is 56.6 Å². The van der Waals surface area contributed by atoms with Gasteiger partial charge in [0.2, 0.25) is 0 Å². The van der Waals surface area contributed by atoms with E-state index in [-0.39, 0.29) is 6.04 Å². The van der Waals surface area contributed by atoms with Crippen LogP contribution in [0, 0.1) is 0 Å². The number of esters is 1. The molecule has 132 valence electrons. The Bertz CT molecular complexity index is 615. The van der Waals surface area contributed by atoms with E-state index in [0.717, 1.165) is 5.56 Å². The van der Waals surface area contributed by atoms with Gasteiger partial charge in [-0.25, -0.2) is 9.59 Å².